The number of sulfone groups is 1. The number of esters is 1. The molecule has 276 valence electrons. The van der Waals surface area contributed by atoms with Crippen LogP contribution >= 0.6 is 11.6 Å². The van der Waals surface area contributed by atoms with Crippen LogP contribution in [0.5, 0.6) is 0 Å². The molecule has 0 aromatic heterocycles. The molecular weight excluding hydrogens is 724 g/mol. The fraction of sp³-hybridized carbons (Fsp3) is 0.233. The molecule has 1 aliphatic heterocycles. The molecule has 1 heterocycles. The minimum atomic E-state index is -3.32. The van der Waals surface area contributed by atoms with Gasteiger partial charge >= 0.3 is 12.1 Å². The van der Waals surface area contributed by atoms with Gasteiger partial charge in [0.15, 0.2) is 15.4 Å². The summed E-state index contributed by atoms with van der Waals surface area (Å²) in [6.45, 7) is 1.79. The number of halogens is 1. The fourth-order valence-corrected chi connectivity index (χ4v) is 8.84. The number of rotatable bonds is 10. The summed E-state index contributed by atoms with van der Waals surface area (Å²) in [5.74, 6) is -2.10. The van der Waals surface area contributed by atoms with Crippen molar-refractivity contribution in [2.24, 2.45) is 0 Å². The first-order valence-electron chi connectivity index (χ1n) is 17.8. The van der Waals surface area contributed by atoms with Gasteiger partial charge in [-0.2, -0.15) is 0 Å². The third-order valence-electron chi connectivity index (χ3n) is 10.1. The number of hydrogen-bond donors (Lipinski definition) is 1. The maximum Gasteiger partial charge on any atom is 0.407 e. The minimum absolute atomic E-state index is 0.00970. The second-order valence-corrected chi connectivity index (χ2v) is 16.3. The molecule has 1 fully saturated rings. The summed E-state index contributed by atoms with van der Waals surface area (Å²) in [4.78, 5) is 43.3. The number of aryl methyl sites for hydroxylation is 1. The van der Waals surface area contributed by atoms with E-state index in [0.717, 1.165) is 27.8 Å². The highest BCUT2D eigenvalue weighted by Gasteiger charge is 2.43. The summed E-state index contributed by atoms with van der Waals surface area (Å²) in [5.41, 5.74) is 5.35. The van der Waals surface area contributed by atoms with Crippen molar-refractivity contribution in [1.82, 2.24) is 10.2 Å². The van der Waals surface area contributed by atoms with Gasteiger partial charge in [-0.15, -0.1) is 0 Å². The van der Waals surface area contributed by atoms with Gasteiger partial charge in [-0.05, 0) is 35.2 Å². The lowest BCUT2D eigenvalue weighted by molar-refractivity contribution is -0.156. The number of benzene rings is 5. The van der Waals surface area contributed by atoms with Gasteiger partial charge in [0.05, 0.1) is 17.9 Å². The van der Waals surface area contributed by atoms with E-state index in [1.165, 1.54) is 4.90 Å². The minimum Gasteiger partial charge on any atom is -0.449 e. The lowest BCUT2D eigenvalue weighted by atomic mass is 9.79. The largest absolute Gasteiger partial charge is 0.449 e. The lowest BCUT2D eigenvalue weighted by Gasteiger charge is -2.36. The summed E-state index contributed by atoms with van der Waals surface area (Å²) in [7, 11) is -3.32. The molecule has 2 amide bonds. The number of carbonyl (C=O) groups excluding carboxylic acids is 3. The van der Waals surface area contributed by atoms with Gasteiger partial charge in [0.2, 0.25) is 5.91 Å². The van der Waals surface area contributed by atoms with Gasteiger partial charge < -0.3 is 19.7 Å². The van der Waals surface area contributed by atoms with E-state index in [1.54, 1.807) is 24.3 Å². The van der Waals surface area contributed by atoms with E-state index in [9.17, 15) is 22.8 Å². The molecule has 1 saturated heterocycles. The Morgan fingerprint density at radius 2 is 1.33 bits per heavy atom. The third-order valence-corrected chi connectivity index (χ3v) is 12.1. The highest BCUT2D eigenvalue weighted by molar-refractivity contribution is 7.91. The Morgan fingerprint density at radius 3 is 1.96 bits per heavy atom. The second kappa shape index (κ2) is 15.5. The van der Waals surface area contributed by atoms with Gasteiger partial charge in [0.25, 0.3) is 0 Å². The Kier molecular flexibility index (Phi) is 10.6. The number of nitrogens with zero attached hydrogens (tertiary/aromatic N) is 1. The van der Waals surface area contributed by atoms with Crippen LogP contribution < -0.4 is 5.32 Å². The molecule has 1 aliphatic carbocycles. The van der Waals surface area contributed by atoms with Crippen LogP contribution in [-0.2, 0) is 34.5 Å². The zero-order valence-corrected chi connectivity index (χ0v) is 31.2. The lowest BCUT2D eigenvalue weighted by Crippen LogP contribution is -2.54. The van der Waals surface area contributed by atoms with Crippen LogP contribution in [0.1, 0.15) is 45.7 Å². The molecule has 5 aromatic rings. The first-order valence-corrected chi connectivity index (χ1v) is 20.0. The summed E-state index contributed by atoms with van der Waals surface area (Å²) in [5, 5.41) is 2.99. The zero-order chi connectivity index (χ0) is 37.9. The molecule has 2 atom stereocenters. The molecule has 9 nitrogen and oxygen atoms in total. The van der Waals surface area contributed by atoms with Crippen LogP contribution in [0.3, 0.4) is 0 Å². The van der Waals surface area contributed by atoms with Crippen LogP contribution in [-0.4, -0.2) is 68.5 Å². The Balaban J connectivity index is 1.18. The standard InChI is InChI=1S/C43H39ClN2O7S/c1-29-19-21-31(22-20-29)43(30-11-3-2-4-12-30,37-17-9-10-18-38(37)44)53-40(47)27-39(41(48)46-23-25-54(50,51)26-24-46)45-42(49)52-28-36-34-15-7-5-13-32(34)33-14-6-8-16-35(33)36/h2-22,36,39H,23-28H2,1H3,(H,45,49)/t39-,43?/m0/s1. The van der Waals surface area contributed by atoms with Gasteiger partial charge in [-0.1, -0.05) is 138 Å². The average molecular weight is 763 g/mol. The first kappa shape index (κ1) is 36.9. The molecular formula is C43H39ClN2O7S. The average Bonchev–Trinajstić information content (AvgIpc) is 3.50. The van der Waals surface area contributed by atoms with E-state index in [-0.39, 0.29) is 37.1 Å². The molecule has 7 rings (SSSR count). The van der Waals surface area contributed by atoms with Crippen molar-refractivity contribution >= 4 is 39.4 Å². The zero-order valence-electron chi connectivity index (χ0n) is 29.6. The number of carbonyl (C=O) groups is 3. The molecule has 11 heteroatoms. The van der Waals surface area contributed by atoms with Crippen molar-refractivity contribution in [3.05, 3.63) is 166 Å². The monoisotopic (exact) mass is 762 g/mol. The summed E-state index contributed by atoms with van der Waals surface area (Å²) in [6, 6.07) is 38.3. The smallest absolute Gasteiger partial charge is 0.407 e. The predicted octanol–water partition coefficient (Wildman–Crippen LogP) is 7.04. The maximum absolute atomic E-state index is 14.4. The van der Waals surface area contributed by atoms with Gasteiger partial charge in [-0.25, -0.2) is 13.2 Å². The van der Waals surface area contributed by atoms with Crippen LogP contribution in [0.4, 0.5) is 4.79 Å². The van der Waals surface area contributed by atoms with E-state index in [4.69, 9.17) is 21.1 Å². The Labute approximate surface area is 319 Å². The Bertz CT molecular complexity index is 2240. The SMILES string of the molecule is Cc1ccc(C(OC(=O)C[C@H](NC(=O)OCC2c3ccccc3-c3ccccc32)C(=O)N2CCS(=O)(=O)CC2)(c2ccccc2)c2ccccc2Cl)cc1. The maximum atomic E-state index is 14.4. The highest BCUT2D eigenvalue weighted by atomic mass is 35.5. The quantitative estimate of drug-likeness (QED) is 0.120. The van der Waals surface area contributed by atoms with Crippen LogP contribution in [0.15, 0.2) is 127 Å². The summed E-state index contributed by atoms with van der Waals surface area (Å²) < 4.78 is 36.8. The second-order valence-electron chi connectivity index (χ2n) is 13.6. The normalized spacial score (nSPS) is 16.3. The van der Waals surface area contributed by atoms with Crippen molar-refractivity contribution in [3.63, 3.8) is 0 Å². The molecule has 1 unspecified atom stereocenters. The molecule has 54 heavy (non-hydrogen) atoms. The number of fused-ring (bicyclic) bond motifs is 3. The van der Waals surface area contributed by atoms with Crippen LogP contribution in [0.2, 0.25) is 5.02 Å². The molecule has 5 aromatic carbocycles. The van der Waals surface area contributed by atoms with E-state index in [1.807, 2.05) is 110 Å². The number of hydrogen-bond acceptors (Lipinski definition) is 7. The van der Waals surface area contributed by atoms with E-state index in [0.29, 0.717) is 21.7 Å². The van der Waals surface area contributed by atoms with E-state index >= 15 is 0 Å². The molecule has 0 bridgehead atoms. The topological polar surface area (TPSA) is 119 Å². The molecule has 2 aliphatic rings. The van der Waals surface area contributed by atoms with Gasteiger partial charge in [-0.3, -0.25) is 9.59 Å². The number of amides is 2. The van der Waals surface area contributed by atoms with Crippen molar-refractivity contribution in [3.8, 4) is 11.1 Å². The van der Waals surface area contributed by atoms with Crippen LogP contribution in [0, 0.1) is 6.92 Å². The summed E-state index contributed by atoms with van der Waals surface area (Å²) in [6.07, 6.45) is -1.47. The van der Waals surface area contributed by atoms with Crippen LogP contribution in [0.25, 0.3) is 11.1 Å². The van der Waals surface area contributed by atoms with Crippen molar-refractivity contribution < 1.29 is 32.3 Å². The van der Waals surface area contributed by atoms with E-state index in [2.05, 4.69) is 5.32 Å². The van der Waals surface area contributed by atoms with Crippen molar-refractivity contribution in [2.75, 3.05) is 31.2 Å². The van der Waals surface area contributed by atoms with Crippen molar-refractivity contribution in [1.29, 1.82) is 0 Å². The number of ether oxygens (including phenoxy) is 2. The predicted molar refractivity (Wildman–Crippen MR) is 207 cm³/mol. The van der Waals surface area contributed by atoms with Crippen molar-refractivity contribution in [2.45, 2.75) is 30.9 Å². The number of nitrogens with one attached hydrogen (secondary N) is 1. The molecule has 1 N–H and O–H groups in total. The fourth-order valence-electron chi connectivity index (χ4n) is 7.37. The Hall–Kier alpha value is -5.45. The van der Waals surface area contributed by atoms with Gasteiger partial charge in [0, 0.05) is 40.7 Å². The van der Waals surface area contributed by atoms with E-state index < -0.39 is 45.9 Å². The first-order chi connectivity index (χ1) is 26.1. The highest BCUT2D eigenvalue weighted by Crippen LogP contribution is 2.45. The third kappa shape index (κ3) is 7.49. The number of alkyl carbamates (subject to hydrolysis) is 1. The summed E-state index contributed by atoms with van der Waals surface area (Å²) >= 11 is 6.85. The molecule has 0 spiro atoms. The molecule has 0 saturated carbocycles. The molecule has 0 radical (unpaired) electrons. The van der Waals surface area contributed by atoms with Gasteiger partial charge in [0.1, 0.15) is 12.6 Å². The Morgan fingerprint density at radius 1 is 0.778 bits per heavy atom.